The van der Waals surface area contributed by atoms with Crippen LogP contribution in [0.15, 0.2) is 30.0 Å². The van der Waals surface area contributed by atoms with Crippen LogP contribution in [0.1, 0.15) is 38.4 Å². The maximum atomic E-state index is 5.96. The summed E-state index contributed by atoms with van der Waals surface area (Å²) in [5.74, 6) is 0. The molecule has 0 unspecified atom stereocenters. The molecule has 0 bridgehead atoms. The Morgan fingerprint density at radius 1 is 1.47 bits per heavy atom. The standard InChI is InChI=1S/C14H21N3/c1-3-13(15)14-5-4-12(10-16-14)17-8-6-11(2)7-9-17/h4-6,10,13H,3,7-9,15H2,1-2H3/t13-/m1/s1. The van der Waals surface area contributed by atoms with E-state index in [1.807, 2.05) is 6.20 Å². The van der Waals surface area contributed by atoms with Crippen LogP contribution in [0.5, 0.6) is 0 Å². The molecule has 1 aromatic rings. The highest BCUT2D eigenvalue weighted by Crippen LogP contribution is 2.20. The minimum absolute atomic E-state index is 0.0625. The minimum Gasteiger partial charge on any atom is -0.366 e. The van der Waals surface area contributed by atoms with Gasteiger partial charge in [0, 0.05) is 19.1 Å². The van der Waals surface area contributed by atoms with Crippen LogP contribution in [0.4, 0.5) is 5.69 Å². The van der Waals surface area contributed by atoms with Crippen molar-refractivity contribution in [1.82, 2.24) is 4.98 Å². The molecule has 2 heterocycles. The third-order valence-electron chi connectivity index (χ3n) is 3.39. The maximum absolute atomic E-state index is 5.96. The molecular formula is C14H21N3. The van der Waals surface area contributed by atoms with E-state index in [0.717, 1.165) is 31.6 Å². The predicted octanol–water partition coefficient (Wildman–Crippen LogP) is 2.65. The molecule has 1 aliphatic heterocycles. The zero-order chi connectivity index (χ0) is 12.3. The summed E-state index contributed by atoms with van der Waals surface area (Å²) in [5, 5.41) is 0. The Kier molecular flexibility index (Phi) is 3.79. The lowest BCUT2D eigenvalue weighted by atomic mass is 10.1. The van der Waals surface area contributed by atoms with E-state index in [9.17, 15) is 0 Å². The third-order valence-corrected chi connectivity index (χ3v) is 3.39. The molecule has 0 fully saturated rings. The number of hydrogen-bond acceptors (Lipinski definition) is 3. The SMILES string of the molecule is CC[C@@H](N)c1ccc(N2CC=C(C)CC2)cn1. The highest BCUT2D eigenvalue weighted by Gasteiger charge is 2.11. The predicted molar refractivity (Wildman–Crippen MR) is 72.0 cm³/mol. The molecule has 1 aromatic heterocycles. The first kappa shape index (κ1) is 12.1. The van der Waals surface area contributed by atoms with E-state index in [1.54, 1.807) is 0 Å². The van der Waals surface area contributed by atoms with Crippen molar-refractivity contribution in [3.8, 4) is 0 Å². The van der Waals surface area contributed by atoms with Crippen LogP contribution >= 0.6 is 0 Å². The van der Waals surface area contributed by atoms with E-state index < -0.39 is 0 Å². The van der Waals surface area contributed by atoms with Gasteiger partial charge in [0.05, 0.1) is 17.6 Å². The lowest BCUT2D eigenvalue weighted by molar-refractivity contribution is 0.674. The zero-order valence-electron chi connectivity index (χ0n) is 10.7. The Labute approximate surface area is 103 Å². The number of aromatic nitrogens is 1. The van der Waals surface area contributed by atoms with Crippen LogP contribution in [0.3, 0.4) is 0 Å². The highest BCUT2D eigenvalue weighted by molar-refractivity contribution is 5.46. The van der Waals surface area contributed by atoms with Crippen molar-refractivity contribution < 1.29 is 0 Å². The van der Waals surface area contributed by atoms with E-state index in [0.29, 0.717) is 0 Å². The summed E-state index contributed by atoms with van der Waals surface area (Å²) in [6.45, 7) is 6.35. The fraction of sp³-hybridized carbons (Fsp3) is 0.500. The van der Waals surface area contributed by atoms with Crippen molar-refractivity contribution in [2.45, 2.75) is 32.7 Å². The van der Waals surface area contributed by atoms with Gasteiger partial charge in [-0.15, -0.1) is 0 Å². The number of rotatable bonds is 3. The van der Waals surface area contributed by atoms with E-state index in [-0.39, 0.29) is 6.04 Å². The fourth-order valence-corrected chi connectivity index (χ4v) is 2.02. The Morgan fingerprint density at radius 3 is 2.82 bits per heavy atom. The summed E-state index contributed by atoms with van der Waals surface area (Å²) in [5.41, 5.74) is 9.62. The first-order valence-electron chi connectivity index (χ1n) is 6.33. The van der Waals surface area contributed by atoms with Gasteiger partial charge in [0.15, 0.2) is 0 Å². The number of pyridine rings is 1. The second-order valence-corrected chi connectivity index (χ2v) is 4.70. The molecule has 0 radical (unpaired) electrons. The molecule has 0 amide bonds. The smallest absolute Gasteiger partial charge is 0.0572 e. The second-order valence-electron chi connectivity index (χ2n) is 4.70. The number of nitrogens with zero attached hydrogens (tertiary/aromatic N) is 2. The van der Waals surface area contributed by atoms with Crippen molar-refractivity contribution in [3.05, 3.63) is 35.7 Å². The molecule has 2 N–H and O–H groups in total. The zero-order valence-corrected chi connectivity index (χ0v) is 10.7. The number of nitrogens with two attached hydrogens (primary N) is 1. The molecule has 3 heteroatoms. The van der Waals surface area contributed by atoms with Crippen LogP contribution in [0.25, 0.3) is 0 Å². The van der Waals surface area contributed by atoms with Gasteiger partial charge in [-0.3, -0.25) is 4.98 Å². The molecule has 0 saturated heterocycles. The Balaban J connectivity index is 2.08. The average Bonchev–Trinajstić information content (AvgIpc) is 2.39. The van der Waals surface area contributed by atoms with Gasteiger partial charge in [-0.05, 0) is 31.9 Å². The molecule has 0 aliphatic carbocycles. The van der Waals surface area contributed by atoms with Crippen molar-refractivity contribution >= 4 is 5.69 Å². The molecular weight excluding hydrogens is 210 g/mol. The summed E-state index contributed by atoms with van der Waals surface area (Å²) in [4.78, 5) is 6.80. The Morgan fingerprint density at radius 2 is 2.29 bits per heavy atom. The van der Waals surface area contributed by atoms with Crippen LogP contribution in [0, 0.1) is 0 Å². The molecule has 0 aromatic carbocycles. The van der Waals surface area contributed by atoms with E-state index >= 15 is 0 Å². The highest BCUT2D eigenvalue weighted by atomic mass is 15.1. The van der Waals surface area contributed by atoms with Crippen molar-refractivity contribution in [2.24, 2.45) is 5.73 Å². The van der Waals surface area contributed by atoms with Gasteiger partial charge in [0.25, 0.3) is 0 Å². The Hall–Kier alpha value is -1.35. The summed E-state index contributed by atoms with van der Waals surface area (Å²) in [7, 11) is 0. The van der Waals surface area contributed by atoms with Gasteiger partial charge in [0.2, 0.25) is 0 Å². The number of anilines is 1. The van der Waals surface area contributed by atoms with Gasteiger partial charge < -0.3 is 10.6 Å². The monoisotopic (exact) mass is 231 g/mol. The number of hydrogen-bond donors (Lipinski definition) is 1. The molecule has 2 rings (SSSR count). The van der Waals surface area contributed by atoms with Crippen molar-refractivity contribution in [2.75, 3.05) is 18.0 Å². The molecule has 0 spiro atoms. The van der Waals surface area contributed by atoms with E-state index in [1.165, 1.54) is 11.3 Å². The summed E-state index contributed by atoms with van der Waals surface area (Å²) >= 11 is 0. The fourth-order valence-electron chi connectivity index (χ4n) is 2.02. The van der Waals surface area contributed by atoms with Gasteiger partial charge >= 0.3 is 0 Å². The molecule has 17 heavy (non-hydrogen) atoms. The molecule has 1 aliphatic rings. The van der Waals surface area contributed by atoms with Crippen LogP contribution in [-0.2, 0) is 0 Å². The van der Waals surface area contributed by atoms with Gasteiger partial charge in [-0.2, -0.15) is 0 Å². The average molecular weight is 231 g/mol. The minimum atomic E-state index is 0.0625. The largest absolute Gasteiger partial charge is 0.366 e. The van der Waals surface area contributed by atoms with E-state index in [2.05, 4.69) is 41.9 Å². The van der Waals surface area contributed by atoms with Crippen LogP contribution in [0.2, 0.25) is 0 Å². The molecule has 0 saturated carbocycles. The van der Waals surface area contributed by atoms with Gasteiger partial charge in [-0.1, -0.05) is 18.6 Å². The summed E-state index contributed by atoms with van der Waals surface area (Å²) < 4.78 is 0. The lowest BCUT2D eigenvalue weighted by Crippen LogP contribution is -2.28. The topological polar surface area (TPSA) is 42.1 Å². The molecule has 92 valence electrons. The first-order valence-corrected chi connectivity index (χ1v) is 6.33. The van der Waals surface area contributed by atoms with Gasteiger partial charge in [-0.25, -0.2) is 0 Å². The van der Waals surface area contributed by atoms with Crippen LogP contribution in [-0.4, -0.2) is 18.1 Å². The van der Waals surface area contributed by atoms with Crippen molar-refractivity contribution in [1.29, 1.82) is 0 Å². The second kappa shape index (κ2) is 5.32. The summed E-state index contributed by atoms with van der Waals surface area (Å²) in [6.07, 6.45) is 6.31. The van der Waals surface area contributed by atoms with Crippen LogP contribution < -0.4 is 10.6 Å². The van der Waals surface area contributed by atoms with E-state index in [4.69, 9.17) is 5.73 Å². The first-order chi connectivity index (χ1) is 8.20. The Bertz CT molecular complexity index is 394. The molecule has 3 nitrogen and oxygen atoms in total. The normalized spacial score (nSPS) is 17.8. The van der Waals surface area contributed by atoms with Gasteiger partial charge in [0.1, 0.15) is 0 Å². The van der Waals surface area contributed by atoms with Crippen molar-refractivity contribution in [3.63, 3.8) is 0 Å². The quantitative estimate of drug-likeness (QED) is 0.813. The maximum Gasteiger partial charge on any atom is 0.0572 e. The third kappa shape index (κ3) is 2.86. The molecule has 1 atom stereocenters. The summed E-state index contributed by atoms with van der Waals surface area (Å²) in [6, 6.07) is 4.24. The lowest BCUT2D eigenvalue weighted by Gasteiger charge is -2.27.